The first-order valence-electron chi connectivity index (χ1n) is 8.94. The second-order valence-electron chi connectivity index (χ2n) is 6.62. The van der Waals surface area contributed by atoms with Crippen LogP contribution in [0.2, 0.25) is 0 Å². The first-order valence-corrected chi connectivity index (χ1v) is 8.94. The Labute approximate surface area is 158 Å². The molecule has 1 fully saturated rings. The third kappa shape index (κ3) is 4.39. The van der Waals surface area contributed by atoms with Crippen LogP contribution < -0.4 is 20.1 Å². The molecule has 27 heavy (non-hydrogen) atoms. The van der Waals surface area contributed by atoms with Crippen LogP contribution in [0.1, 0.15) is 18.4 Å². The van der Waals surface area contributed by atoms with E-state index in [-0.39, 0.29) is 11.8 Å². The summed E-state index contributed by atoms with van der Waals surface area (Å²) in [5.74, 6) is 0.977. The molecular weight excluding hydrogens is 344 g/mol. The first-order chi connectivity index (χ1) is 13.1. The van der Waals surface area contributed by atoms with Crippen LogP contribution in [0.3, 0.4) is 0 Å². The fourth-order valence-electron chi connectivity index (χ4n) is 2.92. The summed E-state index contributed by atoms with van der Waals surface area (Å²) < 4.78 is 10.3. The number of carbonyl (C=O) groups excluding carboxylic acids is 2. The van der Waals surface area contributed by atoms with Crippen molar-refractivity contribution in [2.45, 2.75) is 19.3 Å². The van der Waals surface area contributed by atoms with E-state index in [0.717, 1.165) is 11.3 Å². The molecule has 0 radical (unpaired) electrons. The lowest BCUT2D eigenvalue weighted by Crippen LogP contribution is -2.40. The van der Waals surface area contributed by atoms with Crippen molar-refractivity contribution >= 4 is 17.5 Å². The zero-order chi connectivity index (χ0) is 19.3. The number of methoxy groups -OCH3 is 2. The molecule has 1 aliphatic carbocycles. The van der Waals surface area contributed by atoms with E-state index in [1.54, 1.807) is 38.5 Å². The molecule has 2 amide bonds. The van der Waals surface area contributed by atoms with Gasteiger partial charge in [-0.2, -0.15) is 0 Å². The molecule has 2 aromatic carbocycles. The molecule has 0 bridgehead atoms. The van der Waals surface area contributed by atoms with Crippen LogP contribution in [0.15, 0.2) is 48.5 Å². The van der Waals surface area contributed by atoms with Crippen molar-refractivity contribution in [1.29, 1.82) is 0 Å². The number of rotatable bonds is 8. The van der Waals surface area contributed by atoms with Crippen LogP contribution >= 0.6 is 0 Å². The zero-order valence-corrected chi connectivity index (χ0v) is 15.6. The van der Waals surface area contributed by atoms with Gasteiger partial charge in [0.2, 0.25) is 11.8 Å². The van der Waals surface area contributed by atoms with Crippen LogP contribution in [-0.2, 0) is 16.0 Å². The molecule has 0 aromatic heterocycles. The number of ether oxygens (including phenoxy) is 2. The van der Waals surface area contributed by atoms with Crippen molar-refractivity contribution < 1.29 is 19.1 Å². The van der Waals surface area contributed by atoms with Gasteiger partial charge in [0.15, 0.2) is 0 Å². The smallest absolute Gasteiger partial charge is 0.240 e. The van der Waals surface area contributed by atoms with E-state index in [9.17, 15) is 9.59 Å². The maximum absolute atomic E-state index is 12.6. The quantitative estimate of drug-likeness (QED) is 0.703. The lowest BCUT2D eigenvalue weighted by Gasteiger charge is -2.16. The van der Waals surface area contributed by atoms with Gasteiger partial charge in [-0.05, 0) is 49.1 Å². The highest BCUT2D eigenvalue weighted by atomic mass is 16.5. The lowest BCUT2D eigenvalue weighted by molar-refractivity contribution is -0.134. The lowest BCUT2D eigenvalue weighted by atomic mass is 10.0. The maximum Gasteiger partial charge on any atom is 0.240 e. The highest BCUT2D eigenvalue weighted by Crippen LogP contribution is 2.46. The summed E-state index contributed by atoms with van der Waals surface area (Å²) in [6, 6.07) is 14.8. The van der Waals surface area contributed by atoms with Gasteiger partial charge >= 0.3 is 0 Å². The molecule has 0 spiro atoms. The topological polar surface area (TPSA) is 76.7 Å². The van der Waals surface area contributed by atoms with Gasteiger partial charge in [0.1, 0.15) is 16.9 Å². The Hall–Kier alpha value is -3.02. The number of nitrogens with one attached hydrogen (secondary N) is 2. The molecule has 2 aromatic rings. The second-order valence-corrected chi connectivity index (χ2v) is 6.62. The summed E-state index contributed by atoms with van der Waals surface area (Å²) in [7, 11) is 3.19. The number of anilines is 1. The van der Waals surface area contributed by atoms with E-state index < -0.39 is 5.41 Å². The Morgan fingerprint density at radius 2 is 1.67 bits per heavy atom. The largest absolute Gasteiger partial charge is 0.497 e. The van der Waals surface area contributed by atoms with Gasteiger partial charge in [-0.3, -0.25) is 9.59 Å². The normalized spacial score (nSPS) is 14.1. The third-order valence-electron chi connectivity index (χ3n) is 4.81. The predicted octanol–water partition coefficient (Wildman–Crippen LogP) is 2.78. The summed E-state index contributed by atoms with van der Waals surface area (Å²) in [5.41, 5.74) is 0.765. The van der Waals surface area contributed by atoms with Crippen molar-refractivity contribution in [2.24, 2.45) is 5.41 Å². The molecule has 142 valence electrons. The Bertz CT molecular complexity index is 813. The van der Waals surface area contributed by atoms with Crippen LogP contribution in [0.25, 0.3) is 0 Å². The van der Waals surface area contributed by atoms with Crippen molar-refractivity contribution in [2.75, 3.05) is 26.1 Å². The zero-order valence-electron chi connectivity index (χ0n) is 15.6. The fraction of sp³-hybridized carbons (Fsp3) is 0.333. The van der Waals surface area contributed by atoms with E-state index >= 15 is 0 Å². The Balaban J connectivity index is 1.52. The Kier molecular flexibility index (Phi) is 5.64. The van der Waals surface area contributed by atoms with Crippen molar-refractivity contribution in [3.8, 4) is 11.5 Å². The summed E-state index contributed by atoms with van der Waals surface area (Å²) >= 11 is 0. The van der Waals surface area contributed by atoms with E-state index in [1.165, 1.54) is 0 Å². The van der Waals surface area contributed by atoms with Crippen molar-refractivity contribution in [1.82, 2.24) is 5.32 Å². The number of hydrogen-bond acceptors (Lipinski definition) is 4. The standard InChI is InChI=1S/C21H24N2O4/c1-26-17-8-6-15(7-9-17)10-13-22-19(24)21(11-12-21)20(25)23-16-4-3-5-18(14-16)27-2/h3-9,14H,10-13H2,1-2H3,(H,22,24)(H,23,25). The molecule has 1 saturated carbocycles. The average Bonchev–Trinajstić information content (AvgIpc) is 3.51. The molecule has 0 unspecified atom stereocenters. The van der Waals surface area contributed by atoms with Crippen LogP contribution in [-0.4, -0.2) is 32.6 Å². The molecule has 0 saturated heterocycles. The number of hydrogen-bond donors (Lipinski definition) is 2. The highest BCUT2D eigenvalue weighted by molar-refractivity contribution is 6.13. The Morgan fingerprint density at radius 1 is 0.963 bits per heavy atom. The van der Waals surface area contributed by atoms with Crippen LogP contribution in [0, 0.1) is 5.41 Å². The molecule has 6 nitrogen and oxygen atoms in total. The fourth-order valence-corrected chi connectivity index (χ4v) is 2.92. The number of amides is 2. The van der Waals surface area contributed by atoms with E-state index in [4.69, 9.17) is 9.47 Å². The second kappa shape index (κ2) is 8.12. The van der Waals surface area contributed by atoms with Crippen molar-refractivity contribution in [3.63, 3.8) is 0 Å². The minimum absolute atomic E-state index is 0.212. The van der Waals surface area contributed by atoms with Gasteiger partial charge in [-0.25, -0.2) is 0 Å². The maximum atomic E-state index is 12.6. The van der Waals surface area contributed by atoms with Gasteiger partial charge in [-0.1, -0.05) is 18.2 Å². The molecule has 3 rings (SSSR count). The summed E-state index contributed by atoms with van der Waals surface area (Å²) in [6.07, 6.45) is 1.83. The molecule has 1 aliphatic rings. The first kappa shape index (κ1) is 18.8. The van der Waals surface area contributed by atoms with Gasteiger partial charge in [0.25, 0.3) is 0 Å². The molecular formula is C21H24N2O4. The SMILES string of the molecule is COc1ccc(CCNC(=O)C2(C(=O)Nc3cccc(OC)c3)CC2)cc1. The Morgan fingerprint density at radius 3 is 2.30 bits per heavy atom. The van der Waals surface area contributed by atoms with Gasteiger partial charge < -0.3 is 20.1 Å². The molecule has 6 heteroatoms. The monoisotopic (exact) mass is 368 g/mol. The highest BCUT2D eigenvalue weighted by Gasteiger charge is 2.56. The number of benzene rings is 2. The van der Waals surface area contributed by atoms with Crippen LogP contribution in [0.4, 0.5) is 5.69 Å². The number of carbonyl (C=O) groups is 2. The molecule has 0 aliphatic heterocycles. The predicted molar refractivity (Wildman–Crippen MR) is 103 cm³/mol. The van der Waals surface area contributed by atoms with E-state index in [1.807, 2.05) is 24.3 Å². The van der Waals surface area contributed by atoms with Crippen LogP contribution in [0.5, 0.6) is 11.5 Å². The van der Waals surface area contributed by atoms with Gasteiger partial charge in [-0.15, -0.1) is 0 Å². The van der Waals surface area contributed by atoms with E-state index in [0.29, 0.717) is 37.2 Å². The minimum atomic E-state index is -0.955. The third-order valence-corrected chi connectivity index (χ3v) is 4.81. The van der Waals surface area contributed by atoms with Gasteiger partial charge in [0, 0.05) is 18.3 Å². The summed E-state index contributed by atoms with van der Waals surface area (Å²) in [6.45, 7) is 0.485. The minimum Gasteiger partial charge on any atom is -0.497 e. The molecule has 2 N–H and O–H groups in total. The molecule has 0 atom stereocenters. The van der Waals surface area contributed by atoms with Gasteiger partial charge in [0.05, 0.1) is 14.2 Å². The summed E-state index contributed by atoms with van der Waals surface area (Å²) in [4.78, 5) is 25.2. The van der Waals surface area contributed by atoms with Crippen molar-refractivity contribution in [3.05, 3.63) is 54.1 Å². The average molecular weight is 368 g/mol. The van der Waals surface area contributed by atoms with E-state index in [2.05, 4.69) is 10.6 Å². The summed E-state index contributed by atoms with van der Waals surface area (Å²) in [5, 5.41) is 5.72. The molecule has 0 heterocycles.